The average Bonchev–Trinajstić information content (AvgIpc) is 3.54. The van der Waals surface area contributed by atoms with Gasteiger partial charge in [0.1, 0.15) is 11.5 Å². The summed E-state index contributed by atoms with van der Waals surface area (Å²) in [7, 11) is -1.80. The fourth-order valence-corrected chi connectivity index (χ4v) is 7.43. The molecule has 1 saturated heterocycles. The molecule has 190 valence electrons. The van der Waals surface area contributed by atoms with Crippen molar-refractivity contribution in [2.45, 2.75) is 11.4 Å². The highest BCUT2D eigenvalue weighted by Gasteiger charge is 2.32. The van der Waals surface area contributed by atoms with Gasteiger partial charge in [-0.15, -0.1) is 11.3 Å². The highest BCUT2D eigenvalue weighted by Crippen LogP contribution is 2.31. The number of amidine groups is 1. The molecule has 12 heteroatoms. The third kappa shape index (κ3) is 4.99. The van der Waals surface area contributed by atoms with E-state index in [-0.39, 0.29) is 23.9 Å². The monoisotopic (exact) mass is 610 g/mol. The molecule has 0 spiro atoms. The van der Waals surface area contributed by atoms with Crippen molar-refractivity contribution in [3.8, 4) is 0 Å². The molecule has 2 aromatic carbocycles. The number of carbonyl (C=O) groups is 1. The van der Waals surface area contributed by atoms with Crippen LogP contribution in [0.4, 0.5) is 0 Å². The molecule has 2 aliphatic rings. The Morgan fingerprint density at radius 3 is 2.61 bits per heavy atom. The molecule has 0 N–H and O–H groups in total. The van der Waals surface area contributed by atoms with Gasteiger partial charge in [-0.25, -0.2) is 13.4 Å². The largest absolute Gasteiger partial charge is 0.463 e. The van der Waals surface area contributed by atoms with Crippen LogP contribution in [0.25, 0.3) is 10.8 Å². The van der Waals surface area contributed by atoms with Crippen LogP contribution >= 0.6 is 38.9 Å². The van der Waals surface area contributed by atoms with Crippen molar-refractivity contribution in [2.75, 3.05) is 46.4 Å². The van der Waals surface area contributed by atoms with Crippen LogP contribution < -0.4 is 0 Å². The average molecular weight is 612 g/mol. The summed E-state index contributed by atoms with van der Waals surface area (Å²) in [5.41, 5.74) is 0.829. The molecule has 36 heavy (non-hydrogen) atoms. The van der Waals surface area contributed by atoms with E-state index in [2.05, 4.69) is 20.9 Å². The minimum atomic E-state index is -3.67. The van der Waals surface area contributed by atoms with Crippen molar-refractivity contribution in [3.63, 3.8) is 0 Å². The Morgan fingerprint density at radius 1 is 1.17 bits per heavy atom. The maximum atomic E-state index is 13.3. The molecule has 0 bridgehead atoms. The van der Waals surface area contributed by atoms with E-state index in [4.69, 9.17) is 16.3 Å². The Bertz CT molecular complexity index is 1450. The molecule has 1 aromatic heterocycles. The van der Waals surface area contributed by atoms with Crippen LogP contribution in [0, 0.1) is 0 Å². The van der Waals surface area contributed by atoms with Crippen molar-refractivity contribution in [1.82, 2.24) is 14.1 Å². The number of rotatable bonds is 5. The number of carbonyl (C=O) groups excluding carboxylic acids is 1. The van der Waals surface area contributed by atoms with E-state index in [0.717, 1.165) is 20.8 Å². The number of hydrogen-bond acceptors (Lipinski definition) is 7. The van der Waals surface area contributed by atoms with E-state index in [0.29, 0.717) is 48.7 Å². The summed E-state index contributed by atoms with van der Waals surface area (Å²) in [4.78, 5) is 21.7. The van der Waals surface area contributed by atoms with E-state index in [1.54, 1.807) is 17.0 Å². The second kappa shape index (κ2) is 10.3. The lowest BCUT2D eigenvalue weighted by atomic mass is 10.1. The summed E-state index contributed by atoms with van der Waals surface area (Å²) in [6, 6.07) is 11.4. The zero-order valence-corrected chi connectivity index (χ0v) is 23.5. The molecular formula is C24H24BrClN4O4S2. The first-order valence-electron chi connectivity index (χ1n) is 11.4. The van der Waals surface area contributed by atoms with Gasteiger partial charge in [0.2, 0.25) is 10.0 Å². The van der Waals surface area contributed by atoms with Crippen LogP contribution in [0.2, 0.25) is 5.02 Å². The van der Waals surface area contributed by atoms with Gasteiger partial charge in [0.25, 0.3) is 11.9 Å². The number of piperazine rings is 1. The Hall–Kier alpha value is -2.18. The number of hydrogen-bond donors (Lipinski definition) is 0. The van der Waals surface area contributed by atoms with Crippen LogP contribution in [0.3, 0.4) is 0 Å². The smallest absolute Gasteiger partial charge is 0.287 e. The first-order valence-corrected chi connectivity index (χ1v) is 14.9. The number of aliphatic imine (C=N–C) groups is 1. The van der Waals surface area contributed by atoms with E-state index < -0.39 is 10.0 Å². The highest BCUT2D eigenvalue weighted by molar-refractivity contribution is 9.10. The fraction of sp³-hybridized carbons (Fsp3) is 0.333. The van der Waals surface area contributed by atoms with Crippen LogP contribution in [0.5, 0.6) is 0 Å². The second-order valence-corrected chi connectivity index (χ2v) is 12.7. The summed E-state index contributed by atoms with van der Waals surface area (Å²) in [6.07, 6.45) is 0. The summed E-state index contributed by atoms with van der Waals surface area (Å²) in [5, 5.41) is 4.11. The number of thiophene rings is 1. The van der Waals surface area contributed by atoms with Crippen LogP contribution in [0.15, 0.2) is 56.1 Å². The zero-order valence-electron chi connectivity index (χ0n) is 19.5. The molecule has 8 nitrogen and oxygen atoms in total. The standard InChI is InChI=1S/C24H24BrClN4O4S2/c1-28(24-27-6-11-34-24)14-18-15-35-22(21(18)26)23(31)29-7-9-30(10-8-29)36(32,33)20-5-3-16-12-19(25)4-2-17(16)13-20/h2-5,12-13,15H,6-11,14H2,1H3. The van der Waals surface area contributed by atoms with Crippen LogP contribution in [-0.2, 0) is 21.3 Å². The van der Waals surface area contributed by atoms with Gasteiger partial charge in [0.15, 0.2) is 0 Å². The molecule has 0 aliphatic carbocycles. The van der Waals surface area contributed by atoms with Crippen molar-refractivity contribution >= 4 is 71.6 Å². The van der Waals surface area contributed by atoms with Crippen molar-refractivity contribution in [1.29, 1.82) is 0 Å². The number of benzene rings is 2. The second-order valence-electron chi connectivity index (χ2n) is 8.62. The molecule has 1 fully saturated rings. The quantitative estimate of drug-likeness (QED) is 0.430. The molecule has 0 unspecified atom stereocenters. The minimum Gasteiger partial charge on any atom is -0.463 e. The van der Waals surface area contributed by atoms with Gasteiger partial charge < -0.3 is 14.5 Å². The van der Waals surface area contributed by atoms with Gasteiger partial charge in [0.05, 0.1) is 16.5 Å². The Balaban J connectivity index is 1.24. The molecule has 0 saturated carbocycles. The van der Waals surface area contributed by atoms with Gasteiger partial charge in [0, 0.05) is 49.8 Å². The topological polar surface area (TPSA) is 82.5 Å². The zero-order chi connectivity index (χ0) is 25.4. The summed E-state index contributed by atoms with van der Waals surface area (Å²) >= 11 is 11.3. The Kier molecular flexibility index (Phi) is 7.28. The molecule has 5 rings (SSSR count). The summed E-state index contributed by atoms with van der Waals surface area (Å²) in [5.74, 6) is -0.179. The lowest BCUT2D eigenvalue weighted by Gasteiger charge is -2.34. The van der Waals surface area contributed by atoms with Gasteiger partial charge in [-0.3, -0.25) is 4.79 Å². The molecule has 3 aromatic rings. The molecule has 0 radical (unpaired) electrons. The van der Waals surface area contributed by atoms with Crippen molar-refractivity contribution < 1.29 is 17.9 Å². The van der Waals surface area contributed by atoms with E-state index in [1.807, 2.05) is 41.6 Å². The van der Waals surface area contributed by atoms with Gasteiger partial charge in [-0.2, -0.15) is 4.31 Å². The minimum absolute atomic E-state index is 0.179. The lowest BCUT2D eigenvalue weighted by molar-refractivity contribution is 0.0703. The number of ether oxygens (including phenoxy) is 1. The van der Waals surface area contributed by atoms with Crippen molar-refractivity contribution in [3.05, 3.63) is 61.7 Å². The van der Waals surface area contributed by atoms with Crippen LogP contribution in [-0.4, -0.2) is 80.8 Å². The normalized spacial score (nSPS) is 16.8. The Labute approximate surface area is 227 Å². The number of nitrogens with zero attached hydrogens (tertiary/aromatic N) is 4. The molecule has 2 aliphatic heterocycles. The molecule has 1 amide bonds. The van der Waals surface area contributed by atoms with Gasteiger partial charge >= 0.3 is 0 Å². The van der Waals surface area contributed by atoms with E-state index in [1.165, 1.54) is 15.6 Å². The third-order valence-corrected chi connectivity index (χ3v) is 10.2. The summed E-state index contributed by atoms with van der Waals surface area (Å²) in [6.45, 7) is 2.74. The fourth-order valence-electron chi connectivity index (χ4n) is 4.29. The predicted octanol–water partition coefficient (Wildman–Crippen LogP) is 4.28. The van der Waals surface area contributed by atoms with E-state index in [9.17, 15) is 13.2 Å². The number of amides is 1. The van der Waals surface area contributed by atoms with Gasteiger partial charge in [-0.1, -0.05) is 39.7 Å². The predicted molar refractivity (Wildman–Crippen MR) is 145 cm³/mol. The SMILES string of the molecule is CN(Cc1csc(C(=O)N2CCN(S(=O)(=O)c3ccc4cc(Br)ccc4c3)CC2)c1Cl)C1=NCCO1. The number of fused-ring (bicyclic) bond motifs is 1. The molecule has 0 atom stereocenters. The Morgan fingerprint density at radius 2 is 1.89 bits per heavy atom. The number of sulfonamides is 1. The maximum Gasteiger partial charge on any atom is 0.287 e. The van der Waals surface area contributed by atoms with Crippen molar-refractivity contribution in [2.24, 2.45) is 4.99 Å². The molecule has 3 heterocycles. The first kappa shape index (κ1) is 25.5. The maximum absolute atomic E-state index is 13.3. The van der Waals surface area contributed by atoms with Gasteiger partial charge in [-0.05, 0) is 40.4 Å². The molecular weight excluding hydrogens is 588 g/mol. The third-order valence-electron chi connectivity index (χ3n) is 6.24. The highest BCUT2D eigenvalue weighted by atomic mass is 79.9. The van der Waals surface area contributed by atoms with Crippen LogP contribution in [0.1, 0.15) is 15.2 Å². The lowest BCUT2D eigenvalue weighted by Crippen LogP contribution is -2.50. The number of halogens is 2. The van der Waals surface area contributed by atoms with E-state index >= 15 is 0 Å². The first-order chi connectivity index (χ1) is 17.2. The summed E-state index contributed by atoms with van der Waals surface area (Å²) < 4.78 is 34.4.